The standard InChI is InChI=1S/C10H17N3O2/c1-7-11-9(14)8(10(15)12-7)5-4-6-13(2)3/h4-6H2,1-3H3,(H2,11,12,14,15). The molecule has 0 saturated carbocycles. The minimum atomic E-state index is -0.237. The van der Waals surface area contributed by atoms with Crippen LogP contribution >= 0.6 is 0 Å². The first kappa shape index (κ1) is 11.7. The van der Waals surface area contributed by atoms with Gasteiger partial charge in [-0.1, -0.05) is 0 Å². The second kappa shape index (κ2) is 4.93. The Labute approximate surface area is 88.8 Å². The van der Waals surface area contributed by atoms with Crippen LogP contribution < -0.4 is 5.56 Å². The number of aromatic amines is 1. The summed E-state index contributed by atoms with van der Waals surface area (Å²) < 4.78 is 0. The van der Waals surface area contributed by atoms with Crippen LogP contribution in [-0.4, -0.2) is 40.6 Å². The molecule has 0 saturated heterocycles. The molecule has 0 unspecified atom stereocenters. The monoisotopic (exact) mass is 211 g/mol. The predicted octanol–water partition coefficient (Wildman–Crippen LogP) is 0.278. The Morgan fingerprint density at radius 2 is 2.13 bits per heavy atom. The number of aromatic hydroxyl groups is 1. The zero-order valence-electron chi connectivity index (χ0n) is 9.37. The van der Waals surface area contributed by atoms with Crippen LogP contribution in [0.3, 0.4) is 0 Å². The van der Waals surface area contributed by atoms with Gasteiger partial charge in [0.15, 0.2) is 0 Å². The molecule has 5 heteroatoms. The molecule has 15 heavy (non-hydrogen) atoms. The molecular weight excluding hydrogens is 194 g/mol. The van der Waals surface area contributed by atoms with Crippen LogP contribution in [0.2, 0.25) is 0 Å². The summed E-state index contributed by atoms with van der Waals surface area (Å²) in [5, 5.41) is 9.49. The number of nitrogens with one attached hydrogen (secondary N) is 1. The Hall–Kier alpha value is -1.36. The minimum Gasteiger partial charge on any atom is -0.493 e. The third kappa shape index (κ3) is 3.36. The highest BCUT2D eigenvalue weighted by atomic mass is 16.3. The summed E-state index contributed by atoms with van der Waals surface area (Å²) in [5.41, 5.74) is 0.140. The number of hydrogen-bond acceptors (Lipinski definition) is 4. The fourth-order valence-corrected chi connectivity index (χ4v) is 1.39. The Balaban J connectivity index is 2.73. The average Bonchev–Trinajstić information content (AvgIpc) is 2.08. The summed E-state index contributed by atoms with van der Waals surface area (Å²) in [5.74, 6) is 0.295. The van der Waals surface area contributed by atoms with Crippen molar-refractivity contribution in [3.63, 3.8) is 0 Å². The van der Waals surface area contributed by atoms with E-state index in [2.05, 4.69) is 9.97 Å². The maximum Gasteiger partial charge on any atom is 0.257 e. The molecule has 0 aliphatic rings. The van der Waals surface area contributed by atoms with E-state index in [9.17, 15) is 9.90 Å². The Morgan fingerprint density at radius 3 is 2.67 bits per heavy atom. The van der Waals surface area contributed by atoms with Crippen molar-refractivity contribution in [1.82, 2.24) is 14.9 Å². The highest BCUT2D eigenvalue weighted by Gasteiger charge is 2.08. The highest BCUT2D eigenvalue weighted by molar-refractivity contribution is 5.22. The number of rotatable bonds is 4. The molecule has 5 nitrogen and oxygen atoms in total. The summed E-state index contributed by atoms with van der Waals surface area (Å²) >= 11 is 0. The van der Waals surface area contributed by atoms with Crippen molar-refractivity contribution < 1.29 is 5.11 Å². The van der Waals surface area contributed by atoms with Gasteiger partial charge in [-0.15, -0.1) is 0 Å². The molecule has 0 radical (unpaired) electrons. The van der Waals surface area contributed by atoms with E-state index >= 15 is 0 Å². The lowest BCUT2D eigenvalue weighted by Gasteiger charge is -2.09. The number of hydrogen-bond donors (Lipinski definition) is 2. The average molecular weight is 211 g/mol. The van der Waals surface area contributed by atoms with Crippen LogP contribution in [-0.2, 0) is 6.42 Å². The van der Waals surface area contributed by atoms with Crippen molar-refractivity contribution in [2.24, 2.45) is 0 Å². The van der Waals surface area contributed by atoms with Gasteiger partial charge in [0.25, 0.3) is 5.56 Å². The molecule has 0 fully saturated rings. The topological polar surface area (TPSA) is 69.2 Å². The fraction of sp³-hybridized carbons (Fsp3) is 0.600. The molecule has 0 aromatic carbocycles. The number of aromatic nitrogens is 2. The summed E-state index contributed by atoms with van der Waals surface area (Å²) in [6, 6.07) is 0. The molecule has 2 N–H and O–H groups in total. The van der Waals surface area contributed by atoms with Crippen molar-refractivity contribution in [2.75, 3.05) is 20.6 Å². The van der Waals surface area contributed by atoms with Crippen LogP contribution in [0.5, 0.6) is 5.88 Å². The summed E-state index contributed by atoms with van der Waals surface area (Å²) in [6.45, 7) is 2.53. The van der Waals surface area contributed by atoms with Crippen LogP contribution in [0.1, 0.15) is 17.8 Å². The summed E-state index contributed by atoms with van der Waals surface area (Å²) in [4.78, 5) is 19.9. The minimum absolute atomic E-state index is 0.144. The molecule has 1 heterocycles. The van der Waals surface area contributed by atoms with E-state index in [1.807, 2.05) is 19.0 Å². The Morgan fingerprint density at radius 1 is 1.47 bits per heavy atom. The van der Waals surface area contributed by atoms with E-state index in [4.69, 9.17) is 0 Å². The third-order valence-electron chi connectivity index (χ3n) is 2.14. The number of nitrogens with zero attached hydrogens (tertiary/aromatic N) is 2. The molecular formula is C10H17N3O2. The van der Waals surface area contributed by atoms with Gasteiger partial charge in [0.05, 0.1) is 5.56 Å². The van der Waals surface area contributed by atoms with E-state index in [0.717, 1.165) is 13.0 Å². The van der Waals surface area contributed by atoms with Crippen molar-refractivity contribution >= 4 is 0 Å². The van der Waals surface area contributed by atoms with Gasteiger partial charge in [-0.25, -0.2) is 4.98 Å². The van der Waals surface area contributed by atoms with E-state index in [1.54, 1.807) is 6.92 Å². The Kier molecular flexibility index (Phi) is 3.85. The van der Waals surface area contributed by atoms with Crippen LogP contribution in [0, 0.1) is 6.92 Å². The van der Waals surface area contributed by atoms with Crippen LogP contribution in [0.4, 0.5) is 0 Å². The van der Waals surface area contributed by atoms with Gasteiger partial charge in [0.2, 0.25) is 5.88 Å². The maximum absolute atomic E-state index is 11.5. The first-order valence-corrected chi connectivity index (χ1v) is 4.94. The fourth-order valence-electron chi connectivity index (χ4n) is 1.39. The lowest BCUT2D eigenvalue weighted by molar-refractivity contribution is 0.394. The van der Waals surface area contributed by atoms with E-state index < -0.39 is 0 Å². The zero-order chi connectivity index (χ0) is 11.4. The zero-order valence-corrected chi connectivity index (χ0v) is 9.37. The maximum atomic E-state index is 11.5. The van der Waals surface area contributed by atoms with Crippen LogP contribution in [0.25, 0.3) is 0 Å². The SMILES string of the molecule is Cc1nc(O)c(CCCN(C)C)c(=O)[nH]1. The van der Waals surface area contributed by atoms with E-state index in [-0.39, 0.29) is 11.4 Å². The first-order valence-electron chi connectivity index (χ1n) is 4.94. The molecule has 84 valence electrons. The molecule has 1 aromatic rings. The lowest BCUT2D eigenvalue weighted by atomic mass is 10.1. The van der Waals surface area contributed by atoms with Crippen molar-refractivity contribution in [3.05, 3.63) is 21.7 Å². The lowest BCUT2D eigenvalue weighted by Crippen LogP contribution is -2.18. The Bertz CT molecular complexity index is 385. The molecule has 1 aromatic heterocycles. The van der Waals surface area contributed by atoms with Gasteiger partial charge >= 0.3 is 0 Å². The van der Waals surface area contributed by atoms with Gasteiger partial charge in [-0.2, -0.15) is 0 Å². The van der Waals surface area contributed by atoms with E-state index in [0.29, 0.717) is 17.8 Å². The second-order valence-electron chi connectivity index (χ2n) is 3.86. The largest absolute Gasteiger partial charge is 0.493 e. The van der Waals surface area contributed by atoms with Crippen molar-refractivity contribution in [1.29, 1.82) is 0 Å². The second-order valence-corrected chi connectivity index (χ2v) is 3.86. The van der Waals surface area contributed by atoms with Gasteiger partial charge in [0.1, 0.15) is 5.82 Å². The molecule has 0 atom stereocenters. The van der Waals surface area contributed by atoms with Gasteiger partial charge in [0, 0.05) is 0 Å². The normalized spacial score (nSPS) is 10.9. The molecule has 1 rings (SSSR count). The third-order valence-corrected chi connectivity index (χ3v) is 2.14. The molecule has 0 aliphatic heterocycles. The molecule has 0 spiro atoms. The molecule has 0 amide bonds. The van der Waals surface area contributed by atoms with E-state index in [1.165, 1.54) is 0 Å². The van der Waals surface area contributed by atoms with Crippen LogP contribution in [0.15, 0.2) is 4.79 Å². The number of aryl methyl sites for hydroxylation is 1. The quantitative estimate of drug-likeness (QED) is 0.750. The van der Waals surface area contributed by atoms with Gasteiger partial charge in [-0.05, 0) is 40.4 Å². The molecule has 0 bridgehead atoms. The molecule has 0 aliphatic carbocycles. The summed E-state index contributed by atoms with van der Waals surface area (Å²) in [7, 11) is 3.94. The first-order chi connectivity index (χ1) is 7.00. The van der Waals surface area contributed by atoms with Crippen molar-refractivity contribution in [3.8, 4) is 5.88 Å². The predicted molar refractivity (Wildman–Crippen MR) is 58.1 cm³/mol. The summed E-state index contributed by atoms with van der Waals surface area (Å²) in [6.07, 6.45) is 1.38. The van der Waals surface area contributed by atoms with Gasteiger partial charge in [-0.3, -0.25) is 4.79 Å². The van der Waals surface area contributed by atoms with Gasteiger partial charge < -0.3 is 15.0 Å². The highest BCUT2D eigenvalue weighted by Crippen LogP contribution is 2.10. The smallest absolute Gasteiger partial charge is 0.257 e. The number of H-pyrrole nitrogens is 1. The van der Waals surface area contributed by atoms with Crippen molar-refractivity contribution in [2.45, 2.75) is 19.8 Å².